The van der Waals surface area contributed by atoms with E-state index in [0.29, 0.717) is 5.69 Å². The second-order valence-corrected chi connectivity index (χ2v) is 8.00. The number of amides is 2. The summed E-state index contributed by atoms with van der Waals surface area (Å²) in [6, 6.07) is 7.23. The molecule has 0 fully saturated rings. The SMILES string of the molecule is CC(C)(C)N(CC(=O)Nc1ccc(F)cc1)C(=O)CSc1ncc(C#N)c(N)n1. The minimum Gasteiger partial charge on any atom is -0.382 e. The fraction of sp³-hybridized carbons (Fsp3) is 0.316. The quantitative estimate of drug-likeness (QED) is 0.547. The summed E-state index contributed by atoms with van der Waals surface area (Å²) in [5.41, 5.74) is 5.65. The monoisotopic (exact) mass is 416 g/mol. The number of aromatic nitrogens is 2. The number of carbonyl (C=O) groups is 2. The van der Waals surface area contributed by atoms with Crippen LogP contribution < -0.4 is 11.1 Å². The molecule has 0 radical (unpaired) electrons. The highest BCUT2D eigenvalue weighted by atomic mass is 32.2. The number of benzene rings is 1. The highest BCUT2D eigenvalue weighted by Crippen LogP contribution is 2.20. The van der Waals surface area contributed by atoms with E-state index in [1.54, 1.807) is 0 Å². The van der Waals surface area contributed by atoms with Crippen LogP contribution in [0.15, 0.2) is 35.6 Å². The molecule has 0 unspecified atom stereocenters. The van der Waals surface area contributed by atoms with Crippen molar-refractivity contribution in [3.8, 4) is 6.07 Å². The molecule has 2 rings (SSSR count). The minimum atomic E-state index is -0.609. The van der Waals surface area contributed by atoms with Crippen molar-refractivity contribution in [2.75, 3.05) is 23.3 Å². The highest BCUT2D eigenvalue weighted by molar-refractivity contribution is 7.99. The van der Waals surface area contributed by atoms with Gasteiger partial charge in [-0.3, -0.25) is 9.59 Å². The van der Waals surface area contributed by atoms with Gasteiger partial charge < -0.3 is 16.0 Å². The Morgan fingerprint density at radius 2 is 1.97 bits per heavy atom. The summed E-state index contributed by atoms with van der Waals surface area (Å²) in [6.07, 6.45) is 1.30. The molecule has 29 heavy (non-hydrogen) atoms. The summed E-state index contributed by atoms with van der Waals surface area (Å²) >= 11 is 1.06. The van der Waals surface area contributed by atoms with Crippen molar-refractivity contribution < 1.29 is 14.0 Å². The molecule has 0 aliphatic heterocycles. The third-order valence-electron chi connectivity index (χ3n) is 3.78. The summed E-state index contributed by atoms with van der Waals surface area (Å²) < 4.78 is 13.0. The van der Waals surface area contributed by atoms with Gasteiger partial charge in [-0.15, -0.1) is 0 Å². The van der Waals surface area contributed by atoms with E-state index in [9.17, 15) is 14.0 Å². The molecule has 1 aromatic carbocycles. The van der Waals surface area contributed by atoms with Crippen molar-refractivity contribution >= 4 is 35.1 Å². The van der Waals surface area contributed by atoms with E-state index in [0.717, 1.165) is 11.8 Å². The van der Waals surface area contributed by atoms with Gasteiger partial charge in [0, 0.05) is 11.2 Å². The van der Waals surface area contributed by atoms with Gasteiger partial charge in [-0.1, -0.05) is 11.8 Å². The molecule has 10 heteroatoms. The number of nitriles is 1. The molecule has 0 saturated carbocycles. The number of anilines is 2. The summed E-state index contributed by atoms with van der Waals surface area (Å²) in [7, 11) is 0. The topological polar surface area (TPSA) is 125 Å². The second kappa shape index (κ2) is 9.34. The predicted molar refractivity (Wildman–Crippen MR) is 108 cm³/mol. The van der Waals surface area contributed by atoms with E-state index in [4.69, 9.17) is 11.0 Å². The van der Waals surface area contributed by atoms with Crippen LogP contribution in [0, 0.1) is 17.1 Å². The van der Waals surface area contributed by atoms with Crippen LogP contribution in [0.5, 0.6) is 0 Å². The van der Waals surface area contributed by atoms with Gasteiger partial charge in [0.15, 0.2) is 5.16 Å². The lowest BCUT2D eigenvalue weighted by atomic mass is 10.1. The van der Waals surface area contributed by atoms with Crippen LogP contribution in [0.4, 0.5) is 15.9 Å². The summed E-state index contributed by atoms with van der Waals surface area (Å²) in [6.45, 7) is 5.28. The van der Waals surface area contributed by atoms with Crippen LogP contribution in [0.3, 0.4) is 0 Å². The van der Waals surface area contributed by atoms with Crippen molar-refractivity contribution in [3.05, 3.63) is 41.8 Å². The molecule has 1 heterocycles. The lowest BCUT2D eigenvalue weighted by Gasteiger charge is -2.35. The lowest BCUT2D eigenvalue weighted by Crippen LogP contribution is -2.50. The number of nitrogens with two attached hydrogens (primary N) is 1. The molecular formula is C19H21FN6O2S. The van der Waals surface area contributed by atoms with Gasteiger partial charge >= 0.3 is 0 Å². The maximum Gasteiger partial charge on any atom is 0.244 e. The number of halogens is 1. The standard InChI is InChI=1S/C19H21FN6O2S/c1-19(2,3)26(10-15(27)24-14-6-4-13(20)5-7-14)16(28)11-29-18-23-9-12(8-21)17(22)25-18/h4-7,9H,10-11H2,1-3H3,(H,24,27)(H2,22,23,25). The van der Waals surface area contributed by atoms with Gasteiger partial charge in [-0.05, 0) is 45.0 Å². The van der Waals surface area contributed by atoms with E-state index in [2.05, 4.69) is 15.3 Å². The first kappa shape index (κ1) is 22.1. The molecule has 0 saturated heterocycles. The molecule has 152 valence electrons. The van der Waals surface area contributed by atoms with Crippen molar-refractivity contribution in [2.24, 2.45) is 0 Å². The third kappa shape index (κ3) is 6.43. The molecular weight excluding hydrogens is 395 g/mol. The lowest BCUT2D eigenvalue weighted by molar-refractivity contribution is -0.137. The van der Waals surface area contributed by atoms with Crippen LogP contribution in [0.2, 0.25) is 0 Å². The Hall–Kier alpha value is -3.19. The zero-order valence-electron chi connectivity index (χ0n) is 16.3. The van der Waals surface area contributed by atoms with Gasteiger partial charge in [0.1, 0.15) is 29.8 Å². The predicted octanol–water partition coefficient (Wildman–Crippen LogP) is 2.43. The molecule has 8 nitrogen and oxygen atoms in total. The number of hydrogen-bond donors (Lipinski definition) is 2. The second-order valence-electron chi connectivity index (χ2n) is 7.06. The fourth-order valence-electron chi connectivity index (χ4n) is 2.31. The van der Waals surface area contributed by atoms with Crippen LogP contribution in [-0.4, -0.2) is 44.5 Å². The average Bonchev–Trinajstić information content (AvgIpc) is 2.65. The Morgan fingerprint density at radius 1 is 1.31 bits per heavy atom. The highest BCUT2D eigenvalue weighted by Gasteiger charge is 2.28. The molecule has 2 aromatic rings. The van der Waals surface area contributed by atoms with Crippen LogP contribution in [0.25, 0.3) is 0 Å². The zero-order chi connectivity index (χ0) is 21.6. The Morgan fingerprint density at radius 3 is 2.52 bits per heavy atom. The molecule has 0 bridgehead atoms. The summed E-state index contributed by atoms with van der Waals surface area (Å²) in [5, 5.41) is 11.8. The van der Waals surface area contributed by atoms with E-state index in [1.165, 1.54) is 35.4 Å². The molecule has 2 amide bonds. The molecule has 0 aliphatic rings. The van der Waals surface area contributed by atoms with Gasteiger partial charge in [-0.2, -0.15) is 5.26 Å². The number of nitrogens with zero attached hydrogens (tertiary/aromatic N) is 4. The fourth-order valence-corrected chi connectivity index (χ4v) is 3.01. The van der Waals surface area contributed by atoms with Crippen molar-refractivity contribution in [1.29, 1.82) is 5.26 Å². The summed E-state index contributed by atoms with van der Waals surface area (Å²) in [5.74, 6) is -1.06. The maximum atomic E-state index is 13.0. The van der Waals surface area contributed by atoms with Crippen LogP contribution >= 0.6 is 11.8 Å². The third-order valence-corrected chi connectivity index (χ3v) is 4.63. The van der Waals surface area contributed by atoms with Gasteiger partial charge in [0.05, 0.1) is 11.9 Å². The van der Waals surface area contributed by atoms with Crippen molar-refractivity contribution in [2.45, 2.75) is 31.5 Å². The first-order chi connectivity index (χ1) is 13.6. The van der Waals surface area contributed by atoms with Crippen LogP contribution in [0.1, 0.15) is 26.3 Å². The number of carbonyl (C=O) groups excluding carboxylic acids is 2. The Bertz CT molecular complexity index is 937. The van der Waals surface area contributed by atoms with E-state index in [1.807, 2.05) is 26.8 Å². The van der Waals surface area contributed by atoms with Gasteiger partial charge in [0.2, 0.25) is 11.8 Å². The number of thioether (sulfide) groups is 1. The smallest absolute Gasteiger partial charge is 0.244 e. The normalized spacial score (nSPS) is 10.9. The van der Waals surface area contributed by atoms with E-state index in [-0.39, 0.29) is 34.7 Å². The molecule has 1 aromatic heterocycles. The Balaban J connectivity index is 2.02. The van der Waals surface area contributed by atoms with Gasteiger partial charge in [-0.25, -0.2) is 14.4 Å². The van der Waals surface area contributed by atoms with Crippen molar-refractivity contribution in [3.63, 3.8) is 0 Å². The Labute approximate surface area is 172 Å². The molecule has 0 spiro atoms. The number of nitrogen functional groups attached to an aromatic ring is 1. The molecule has 0 aliphatic carbocycles. The van der Waals surface area contributed by atoms with Crippen molar-refractivity contribution in [1.82, 2.24) is 14.9 Å². The average molecular weight is 416 g/mol. The maximum absolute atomic E-state index is 13.0. The van der Waals surface area contributed by atoms with Crippen LogP contribution in [-0.2, 0) is 9.59 Å². The zero-order valence-corrected chi connectivity index (χ0v) is 17.1. The Kier molecular flexibility index (Phi) is 7.12. The van der Waals surface area contributed by atoms with E-state index < -0.39 is 17.3 Å². The number of nitrogens with one attached hydrogen (secondary N) is 1. The molecule has 0 atom stereocenters. The number of hydrogen-bond acceptors (Lipinski definition) is 7. The minimum absolute atomic E-state index is 0.00750. The largest absolute Gasteiger partial charge is 0.382 e. The first-order valence-corrected chi connectivity index (χ1v) is 9.60. The summed E-state index contributed by atoms with van der Waals surface area (Å²) in [4.78, 5) is 34.5. The first-order valence-electron chi connectivity index (χ1n) is 8.61. The van der Waals surface area contributed by atoms with E-state index >= 15 is 0 Å². The van der Waals surface area contributed by atoms with Gasteiger partial charge in [0.25, 0.3) is 0 Å². The molecule has 3 N–H and O–H groups in total. The number of rotatable bonds is 6.